The largest absolute Gasteiger partial charge is 0.452 e. The normalized spacial score (nSPS) is 13.3. The third kappa shape index (κ3) is 4.81. The first kappa shape index (κ1) is 16.5. The Hall–Kier alpha value is -2.88. The van der Waals surface area contributed by atoms with Gasteiger partial charge in [0.05, 0.1) is 11.6 Å². The number of hydrogen-bond donors (Lipinski definition) is 1. The van der Waals surface area contributed by atoms with Crippen LogP contribution >= 0.6 is 0 Å². The van der Waals surface area contributed by atoms with E-state index >= 15 is 0 Å². The smallest absolute Gasteiger partial charge is 0.338 e. The van der Waals surface area contributed by atoms with Crippen molar-refractivity contribution in [2.75, 3.05) is 25.0 Å². The molecule has 2 rings (SSSR count). The summed E-state index contributed by atoms with van der Waals surface area (Å²) in [4.78, 5) is 36.6. The summed E-state index contributed by atoms with van der Waals surface area (Å²) in [5.74, 6) is -1.19. The van der Waals surface area contributed by atoms with Crippen molar-refractivity contribution in [3.63, 3.8) is 0 Å². The molecule has 1 aromatic carbocycles. The molecule has 7 heteroatoms. The van der Waals surface area contributed by atoms with Crippen LogP contribution in [0.3, 0.4) is 0 Å². The number of likely N-dealkylation sites (tertiary alicyclic amines) is 1. The van der Waals surface area contributed by atoms with Gasteiger partial charge < -0.3 is 15.0 Å². The van der Waals surface area contributed by atoms with Crippen LogP contribution in [-0.2, 0) is 14.3 Å². The van der Waals surface area contributed by atoms with Crippen molar-refractivity contribution in [3.05, 3.63) is 29.8 Å². The molecule has 0 aliphatic carbocycles. The van der Waals surface area contributed by atoms with E-state index in [-0.39, 0.29) is 24.5 Å². The quantitative estimate of drug-likeness (QED) is 0.826. The van der Waals surface area contributed by atoms with Crippen LogP contribution < -0.4 is 5.32 Å². The van der Waals surface area contributed by atoms with E-state index in [1.807, 2.05) is 0 Å². The molecule has 0 bridgehead atoms. The lowest BCUT2D eigenvalue weighted by atomic mass is 10.2. The van der Waals surface area contributed by atoms with E-state index in [2.05, 4.69) is 5.32 Å². The zero-order valence-corrected chi connectivity index (χ0v) is 12.6. The fourth-order valence-corrected chi connectivity index (χ4v) is 2.24. The molecule has 1 N–H and O–H groups in total. The number of nitrogens with one attached hydrogen (secondary N) is 1. The minimum absolute atomic E-state index is 0.184. The summed E-state index contributed by atoms with van der Waals surface area (Å²) in [7, 11) is 0. The topological polar surface area (TPSA) is 99.5 Å². The fourth-order valence-electron chi connectivity index (χ4n) is 2.24. The molecule has 1 heterocycles. The zero-order valence-electron chi connectivity index (χ0n) is 12.6. The highest BCUT2D eigenvalue weighted by Crippen LogP contribution is 2.12. The van der Waals surface area contributed by atoms with Gasteiger partial charge in [-0.1, -0.05) is 0 Å². The van der Waals surface area contributed by atoms with Crippen molar-refractivity contribution in [2.45, 2.75) is 19.3 Å². The molecular formula is C16H17N3O4. The average molecular weight is 315 g/mol. The Morgan fingerprint density at radius 3 is 2.43 bits per heavy atom. The van der Waals surface area contributed by atoms with Crippen molar-refractivity contribution < 1.29 is 19.1 Å². The predicted molar refractivity (Wildman–Crippen MR) is 81.4 cm³/mol. The van der Waals surface area contributed by atoms with Crippen molar-refractivity contribution in [3.8, 4) is 6.07 Å². The molecule has 0 saturated carbocycles. The number of anilines is 1. The Kier molecular flexibility index (Phi) is 5.69. The number of benzene rings is 1. The van der Waals surface area contributed by atoms with Crippen LogP contribution in [0.5, 0.6) is 0 Å². The van der Waals surface area contributed by atoms with E-state index in [1.165, 1.54) is 24.3 Å². The van der Waals surface area contributed by atoms with Crippen LogP contribution in [0.4, 0.5) is 5.69 Å². The third-order valence-corrected chi connectivity index (χ3v) is 3.43. The van der Waals surface area contributed by atoms with Crippen LogP contribution in [0.25, 0.3) is 0 Å². The molecule has 1 aromatic rings. The van der Waals surface area contributed by atoms with E-state index in [0.29, 0.717) is 18.8 Å². The Morgan fingerprint density at radius 1 is 1.17 bits per heavy atom. The highest BCUT2D eigenvalue weighted by molar-refractivity contribution is 5.94. The third-order valence-electron chi connectivity index (χ3n) is 3.43. The molecule has 1 aliphatic rings. The standard InChI is InChI=1S/C16H17N3O4/c17-8-7-14(20)18-13-5-3-12(4-6-13)16(22)23-11-15(21)19-9-1-2-10-19/h3-6H,1-2,7,9-11H2,(H,18,20). The van der Waals surface area contributed by atoms with Gasteiger partial charge in [-0.2, -0.15) is 5.26 Å². The first-order chi connectivity index (χ1) is 11.1. The second-order valence-electron chi connectivity index (χ2n) is 5.12. The van der Waals surface area contributed by atoms with Gasteiger partial charge in [-0.25, -0.2) is 4.79 Å². The highest BCUT2D eigenvalue weighted by atomic mass is 16.5. The molecule has 23 heavy (non-hydrogen) atoms. The summed E-state index contributed by atoms with van der Waals surface area (Å²) >= 11 is 0. The van der Waals surface area contributed by atoms with Crippen molar-refractivity contribution in [2.24, 2.45) is 0 Å². The van der Waals surface area contributed by atoms with E-state index < -0.39 is 11.9 Å². The second kappa shape index (κ2) is 7.94. The zero-order chi connectivity index (χ0) is 16.7. The van der Waals surface area contributed by atoms with Crippen molar-refractivity contribution >= 4 is 23.5 Å². The van der Waals surface area contributed by atoms with E-state index in [4.69, 9.17) is 10.00 Å². The second-order valence-corrected chi connectivity index (χ2v) is 5.12. The van der Waals surface area contributed by atoms with Crippen molar-refractivity contribution in [1.29, 1.82) is 5.26 Å². The number of hydrogen-bond acceptors (Lipinski definition) is 5. The number of esters is 1. The number of ether oxygens (including phenoxy) is 1. The summed E-state index contributed by atoms with van der Waals surface area (Å²) in [6.45, 7) is 1.17. The van der Waals surface area contributed by atoms with Gasteiger partial charge in [0.2, 0.25) is 5.91 Å². The van der Waals surface area contributed by atoms with Crippen LogP contribution in [0.2, 0.25) is 0 Å². The van der Waals surface area contributed by atoms with Crippen LogP contribution in [0.15, 0.2) is 24.3 Å². The van der Waals surface area contributed by atoms with Crippen molar-refractivity contribution in [1.82, 2.24) is 4.90 Å². The lowest BCUT2D eigenvalue weighted by Crippen LogP contribution is -2.32. The van der Waals surface area contributed by atoms with E-state index in [9.17, 15) is 14.4 Å². The molecule has 0 unspecified atom stereocenters. The van der Waals surface area contributed by atoms with Crippen LogP contribution in [-0.4, -0.2) is 42.4 Å². The lowest BCUT2D eigenvalue weighted by Gasteiger charge is -2.14. The number of nitriles is 1. The maximum Gasteiger partial charge on any atom is 0.338 e. The van der Waals surface area contributed by atoms with Crippen LogP contribution in [0, 0.1) is 11.3 Å². The Balaban J connectivity index is 1.84. The first-order valence-corrected chi connectivity index (χ1v) is 7.32. The fraction of sp³-hybridized carbons (Fsp3) is 0.375. The molecule has 7 nitrogen and oxygen atoms in total. The van der Waals surface area contributed by atoms with Gasteiger partial charge in [0, 0.05) is 18.8 Å². The minimum atomic E-state index is -0.590. The first-order valence-electron chi connectivity index (χ1n) is 7.32. The molecule has 0 spiro atoms. The molecule has 120 valence electrons. The lowest BCUT2D eigenvalue weighted by molar-refractivity contribution is -0.133. The van der Waals surface area contributed by atoms with E-state index in [0.717, 1.165) is 12.8 Å². The number of rotatable bonds is 5. The Labute approximate surface area is 133 Å². The SMILES string of the molecule is N#CCC(=O)Nc1ccc(C(=O)OCC(=O)N2CCCC2)cc1. The van der Waals surface area contributed by atoms with E-state index in [1.54, 1.807) is 11.0 Å². The summed E-state index contributed by atoms with van der Waals surface area (Å²) in [6, 6.07) is 7.80. The molecular weight excluding hydrogens is 298 g/mol. The van der Waals surface area contributed by atoms with Crippen LogP contribution in [0.1, 0.15) is 29.6 Å². The highest BCUT2D eigenvalue weighted by Gasteiger charge is 2.19. The minimum Gasteiger partial charge on any atom is -0.452 e. The molecule has 1 saturated heterocycles. The number of nitrogens with zero attached hydrogens (tertiary/aromatic N) is 2. The van der Waals surface area contributed by atoms with Gasteiger partial charge >= 0.3 is 5.97 Å². The molecule has 1 fully saturated rings. The maximum absolute atomic E-state index is 11.9. The Morgan fingerprint density at radius 2 is 1.83 bits per heavy atom. The average Bonchev–Trinajstić information content (AvgIpc) is 3.07. The number of carbonyl (C=O) groups is 3. The number of amides is 2. The summed E-state index contributed by atoms with van der Waals surface area (Å²) in [6.07, 6.45) is 1.74. The summed E-state index contributed by atoms with van der Waals surface area (Å²) in [5, 5.41) is 10.9. The molecule has 0 aromatic heterocycles. The Bertz CT molecular complexity index is 628. The van der Waals surface area contributed by atoms with Gasteiger partial charge in [-0.05, 0) is 37.1 Å². The van der Waals surface area contributed by atoms with Gasteiger partial charge in [0.15, 0.2) is 6.61 Å². The molecule has 2 amide bonds. The van der Waals surface area contributed by atoms with Gasteiger partial charge in [-0.3, -0.25) is 9.59 Å². The predicted octanol–water partition coefficient (Wildman–Crippen LogP) is 1.32. The number of carbonyl (C=O) groups excluding carboxylic acids is 3. The monoisotopic (exact) mass is 315 g/mol. The van der Waals surface area contributed by atoms with Gasteiger partial charge in [0.1, 0.15) is 6.42 Å². The summed E-state index contributed by atoms with van der Waals surface area (Å²) in [5.41, 5.74) is 0.771. The molecule has 1 aliphatic heterocycles. The maximum atomic E-state index is 11.9. The molecule has 0 radical (unpaired) electrons. The van der Waals surface area contributed by atoms with Gasteiger partial charge in [-0.15, -0.1) is 0 Å². The van der Waals surface area contributed by atoms with Gasteiger partial charge in [0.25, 0.3) is 5.91 Å². The summed E-state index contributed by atoms with van der Waals surface area (Å²) < 4.78 is 5.00. The molecule has 0 atom stereocenters.